The second-order valence-corrected chi connectivity index (χ2v) is 7.23. The van der Waals surface area contributed by atoms with Crippen LogP contribution in [-0.4, -0.2) is 24.5 Å². The van der Waals surface area contributed by atoms with Crippen LogP contribution in [0.15, 0.2) is 35.2 Å². The van der Waals surface area contributed by atoms with E-state index in [4.69, 9.17) is 0 Å². The van der Waals surface area contributed by atoms with Crippen LogP contribution in [0.4, 0.5) is 0 Å². The largest absolute Gasteiger partial charge is 0.285 e. The zero-order valence-electron chi connectivity index (χ0n) is 12.8. The van der Waals surface area contributed by atoms with Gasteiger partial charge in [-0.2, -0.15) is 5.10 Å². The fraction of sp³-hybridized carbons (Fsp3) is 0.333. The van der Waals surface area contributed by atoms with Crippen LogP contribution in [0.25, 0.3) is 0 Å². The molecule has 0 unspecified atom stereocenters. The highest BCUT2D eigenvalue weighted by Gasteiger charge is 2.21. The summed E-state index contributed by atoms with van der Waals surface area (Å²) in [6.45, 7) is 5.76. The summed E-state index contributed by atoms with van der Waals surface area (Å²) in [6.07, 6.45) is 0.741. The van der Waals surface area contributed by atoms with Gasteiger partial charge in [0.2, 0.25) is 0 Å². The van der Waals surface area contributed by atoms with E-state index in [9.17, 15) is 13.2 Å². The van der Waals surface area contributed by atoms with Crippen molar-refractivity contribution in [3.05, 3.63) is 47.3 Å². The molecule has 6 nitrogen and oxygen atoms in total. The molecular formula is C15H19N3O3S. The van der Waals surface area contributed by atoms with Gasteiger partial charge in [0.25, 0.3) is 15.9 Å². The molecule has 0 aliphatic heterocycles. The van der Waals surface area contributed by atoms with Gasteiger partial charge >= 0.3 is 0 Å². The van der Waals surface area contributed by atoms with E-state index < -0.39 is 15.9 Å². The molecule has 2 aromatic rings. The summed E-state index contributed by atoms with van der Waals surface area (Å²) in [4.78, 5) is 12.2. The molecule has 0 aliphatic rings. The van der Waals surface area contributed by atoms with Gasteiger partial charge in [0, 0.05) is 5.69 Å². The number of sulfonamides is 1. The van der Waals surface area contributed by atoms with Gasteiger partial charge in [0.05, 0.1) is 4.90 Å². The molecule has 0 aliphatic carbocycles. The smallest absolute Gasteiger partial charge is 0.282 e. The first-order valence-corrected chi connectivity index (χ1v) is 8.45. The number of aryl methyl sites for hydroxylation is 1. The van der Waals surface area contributed by atoms with E-state index >= 15 is 0 Å². The topological polar surface area (TPSA) is 91.9 Å². The number of carbonyl (C=O) groups is 1. The predicted molar refractivity (Wildman–Crippen MR) is 83.0 cm³/mol. The molecule has 1 heterocycles. The average Bonchev–Trinajstić information content (AvgIpc) is 2.86. The number of aromatic amines is 1. The molecule has 2 N–H and O–H groups in total. The normalized spacial score (nSPS) is 11.6. The van der Waals surface area contributed by atoms with Crippen molar-refractivity contribution in [3.8, 4) is 0 Å². The van der Waals surface area contributed by atoms with Gasteiger partial charge in [0.15, 0.2) is 5.69 Å². The summed E-state index contributed by atoms with van der Waals surface area (Å²) >= 11 is 0. The molecule has 1 aromatic carbocycles. The second-order valence-electron chi connectivity index (χ2n) is 5.58. The summed E-state index contributed by atoms with van der Waals surface area (Å²) in [5.74, 6) is -0.332. The number of H-pyrrole nitrogens is 1. The molecule has 2 rings (SSSR count). The maximum absolute atomic E-state index is 12.3. The maximum atomic E-state index is 12.3. The number of hydrogen-bond donors (Lipinski definition) is 2. The molecule has 7 heteroatoms. The molecule has 0 bridgehead atoms. The van der Waals surface area contributed by atoms with Gasteiger partial charge in [0.1, 0.15) is 0 Å². The molecular weight excluding hydrogens is 302 g/mol. The molecule has 0 spiro atoms. The fourth-order valence-corrected chi connectivity index (χ4v) is 3.32. The molecule has 1 amide bonds. The minimum absolute atomic E-state index is 0.0628. The highest BCUT2D eigenvalue weighted by atomic mass is 32.2. The van der Waals surface area contributed by atoms with E-state index in [1.807, 2.05) is 18.6 Å². The van der Waals surface area contributed by atoms with E-state index in [-0.39, 0.29) is 10.6 Å². The van der Waals surface area contributed by atoms with E-state index in [2.05, 4.69) is 10.2 Å². The van der Waals surface area contributed by atoms with Gasteiger partial charge < -0.3 is 0 Å². The first-order chi connectivity index (χ1) is 10.3. The van der Waals surface area contributed by atoms with Crippen LogP contribution in [0, 0.1) is 12.8 Å². The van der Waals surface area contributed by atoms with Crippen LogP contribution in [0.5, 0.6) is 0 Å². The first-order valence-electron chi connectivity index (χ1n) is 6.96. The van der Waals surface area contributed by atoms with Crippen LogP contribution < -0.4 is 4.72 Å². The highest BCUT2D eigenvalue weighted by Crippen LogP contribution is 2.14. The minimum Gasteiger partial charge on any atom is -0.282 e. The molecule has 0 radical (unpaired) electrons. The molecule has 0 atom stereocenters. The van der Waals surface area contributed by atoms with Gasteiger partial charge in [-0.05, 0) is 37.0 Å². The van der Waals surface area contributed by atoms with Crippen molar-refractivity contribution < 1.29 is 13.2 Å². The third-order valence-electron chi connectivity index (χ3n) is 3.10. The summed E-state index contributed by atoms with van der Waals surface area (Å²) in [5, 5.41) is 6.62. The number of nitrogens with zero attached hydrogens (tertiary/aromatic N) is 1. The lowest BCUT2D eigenvalue weighted by atomic mass is 10.1. The lowest BCUT2D eigenvalue weighted by Gasteiger charge is -2.07. The Bertz CT molecular complexity index is 779. The Morgan fingerprint density at radius 2 is 2.00 bits per heavy atom. The van der Waals surface area contributed by atoms with Crippen LogP contribution in [0.3, 0.4) is 0 Å². The number of aromatic nitrogens is 2. The van der Waals surface area contributed by atoms with Crippen LogP contribution in [0.1, 0.15) is 35.6 Å². The van der Waals surface area contributed by atoms with Crippen LogP contribution >= 0.6 is 0 Å². The number of amides is 1. The molecule has 0 saturated carbocycles. The Morgan fingerprint density at radius 1 is 1.32 bits per heavy atom. The number of hydrogen-bond acceptors (Lipinski definition) is 4. The Hall–Kier alpha value is -2.15. The van der Waals surface area contributed by atoms with Crippen molar-refractivity contribution >= 4 is 15.9 Å². The maximum Gasteiger partial charge on any atom is 0.285 e. The average molecular weight is 321 g/mol. The van der Waals surface area contributed by atoms with E-state index in [1.54, 1.807) is 31.2 Å². The highest BCUT2D eigenvalue weighted by molar-refractivity contribution is 7.90. The van der Waals surface area contributed by atoms with Crippen molar-refractivity contribution in [2.45, 2.75) is 32.1 Å². The van der Waals surface area contributed by atoms with Crippen molar-refractivity contribution in [1.29, 1.82) is 0 Å². The molecule has 1 aromatic heterocycles. The Labute approximate surface area is 130 Å². The lowest BCUT2D eigenvalue weighted by Crippen LogP contribution is -2.31. The number of benzene rings is 1. The molecule has 118 valence electrons. The van der Waals surface area contributed by atoms with Gasteiger partial charge in [-0.25, -0.2) is 13.1 Å². The number of carbonyl (C=O) groups excluding carboxylic acids is 1. The summed E-state index contributed by atoms with van der Waals surface area (Å²) < 4.78 is 26.5. The van der Waals surface area contributed by atoms with Gasteiger partial charge in [-0.1, -0.05) is 32.0 Å². The lowest BCUT2D eigenvalue weighted by molar-refractivity contribution is 0.0976. The van der Waals surface area contributed by atoms with Crippen molar-refractivity contribution in [2.75, 3.05) is 0 Å². The zero-order valence-corrected chi connectivity index (χ0v) is 13.6. The summed E-state index contributed by atoms with van der Waals surface area (Å²) in [6, 6.07) is 8.06. The SMILES string of the molecule is Cc1ccccc1S(=O)(=O)NC(=O)c1cc(CC(C)C)[nH]n1. The quantitative estimate of drug-likeness (QED) is 0.881. The minimum atomic E-state index is -3.91. The third kappa shape index (κ3) is 3.73. The van der Waals surface area contributed by atoms with E-state index in [0.717, 1.165) is 12.1 Å². The van der Waals surface area contributed by atoms with E-state index in [1.165, 1.54) is 6.07 Å². The Balaban J connectivity index is 2.18. The number of nitrogens with one attached hydrogen (secondary N) is 2. The summed E-state index contributed by atoms with van der Waals surface area (Å²) in [7, 11) is -3.91. The fourth-order valence-electron chi connectivity index (χ4n) is 2.11. The number of rotatable bonds is 5. The first kappa shape index (κ1) is 16.2. The van der Waals surface area contributed by atoms with E-state index in [0.29, 0.717) is 11.5 Å². The summed E-state index contributed by atoms with van der Waals surface area (Å²) in [5.41, 5.74) is 1.44. The van der Waals surface area contributed by atoms with Crippen molar-refractivity contribution in [3.63, 3.8) is 0 Å². The Morgan fingerprint density at radius 3 is 2.64 bits per heavy atom. The van der Waals surface area contributed by atoms with Crippen molar-refractivity contribution in [2.24, 2.45) is 5.92 Å². The molecule has 0 saturated heterocycles. The van der Waals surface area contributed by atoms with Gasteiger partial charge in [-0.3, -0.25) is 9.89 Å². The van der Waals surface area contributed by atoms with Crippen LogP contribution in [-0.2, 0) is 16.4 Å². The molecule has 22 heavy (non-hydrogen) atoms. The predicted octanol–water partition coefficient (Wildman–Crippen LogP) is 2.04. The van der Waals surface area contributed by atoms with Crippen LogP contribution in [0.2, 0.25) is 0 Å². The molecule has 0 fully saturated rings. The second kappa shape index (κ2) is 6.31. The zero-order chi connectivity index (χ0) is 16.3. The Kier molecular flexibility index (Phi) is 4.65. The van der Waals surface area contributed by atoms with Gasteiger partial charge in [-0.15, -0.1) is 0 Å². The van der Waals surface area contributed by atoms with Crippen molar-refractivity contribution in [1.82, 2.24) is 14.9 Å². The standard InChI is InChI=1S/C15H19N3O3S/c1-10(2)8-12-9-13(17-16-12)15(19)18-22(20,21)14-7-5-4-6-11(14)3/h4-7,9-10H,8H2,1-3H3,(H,16,17)(H,18,19). The third-order valence-corrected chi connectivity index (χ3v) is 4.59. The monoisotopic (exact) mass is 321 g/mol.